The van der Waals surface area contributed by atoms with Crippen molar-refractivity contribution in [1.29, 1.82) is 0 Å². The lowest BCUT2D eigenvalue weighted by atomic mass is 10.2. The van der Waals surface area contributed by atoms with Crippen LogP contribution in [-0.2, 0) is 0 Å². The second-order valence-electron chi connectivity index (χ2n) is 5.84. The first kappa shape index (κ1) is 14.1. The topological polar surface area (TPSA) is 30.3 Å². The first-order chi connectivity index (χ1) is 10.3. The molecule has 2 aromatic rings. The summed E-state index contributed by atoms with van der Waals surface area (Å²) >= 11 is 0. The summed E-state index contributed by atoms with van der Waals surface area (Å²) in [5, 5.41) is 4.21. The number of rotatable bonds is 6. The Morgan fingerprint density at radius 1 is 1.29 bits per heavy atom. The van der Waals surface area contributed by atoms with Gasteiger partial charge in [0, 0.05) is 25.5 Å². The molecule has 21 heavy (non-hydrogen) atoms. The summed E-state index contributed by atoms with van der Waals surface area (Å²) in [4.78, 5) is 2.54. The van der Waals surface area contributed by atoms with Gasteiger partial charge in [-0.05, 0) is 55.6 Å². The highest BCUT2D eigenvalue weighted by molar-refractivity contribution is 5.36. The molecule has 4 nitrogen and oxygen atoms in total. The van der Waals surface area contributed by atoms with E-state index in [0.717, 1.165) is 36.9 Å². The molecule has 4 heteroatoms. The summed E-state index contributed by atoms with van der Waals surface area (Å²) in [6, 6.07) is 10.0. The number of likely N-dealkylation sites (tertiary alicyclic amines) is 1. The number of aromatic nitrogens is 2. The average Bonchev–Trinajstić information content (AvgIpc) is 3.16. The van der Waals surface area contributed by atoms with Crippen LogP contribution in [0, 0.1) is 5.92 Å². The molecule has 1 atom stereocenters. The van der Waals surface area contributed by atoms with Gasteiger partial charge in [-0.15, -0.1) is 0 Å². The van der Waals surface area contributed by atoms with Crippen molar-refractivity contribution in [2.45, 2.75) is 19.8 Å². The Bertz CT molecular complexity index is 536. The van der Waals surface area contributed by atoms with E-state index in [1.807, 2.05) is 41.2 Å². The van der Waals surface area contributed by atoms with Gasteiger partial charge in [0.15, 0.2) is 0 Å². The Kier molecular flexibility index (Phi) is 4.55. The molecule has 1 aliphatic heterocycles. The highest BCUT2D eigenvalue weighted by Gasteiger charge is 2.17. The van der Waals surface area contributed by atoms with Crippen LogP contribution >= 0.6 is 0 Å². The molecule has 0 spiro atoms. The first-order valence-electron chi connectivity index (χ1n) is 7.76. The third kappa shape index (κ3) is 3.85. The first-order valence-corrected chi connectivity index (χ1v) is 7.76. The lowest BCUT2D eigenvalue weighted by molar-refractivity contribution is 0.259. The molecule has 0 saturated carbocycles. The largest absolute Gasteiger partial charge is 0.494 e. The lowest BCUT2D eigenvalue weighted by Gasteiger charge is -2.15. The minimum atomic E-state index is 0.784. The summed E-state index contributed by atoms with van der Waals surface area (Å²) in [6.45, 7) is 6.76. The molecular weight excluding hydrogens is 262 g/mol. The Morgan fingerprint density at radius 3 is 2.81 bits per heavy atom. The van der Waals surface area contributed by atoms with Gasteiger partial charge in [0.25, 0.3) is 0 Å². The van der Waals surface area contributed by atoms with Crippen LogP contribution in [-0.4, -0.2) is 40.9 Å². The zero-order valence-corrected chi connectivity index (χ0v) is 12.6. The molecule has 1 aliphatic rings. The van der Waals surface area contributed by atoms with Gasteiger partial charge >= 0.3 is 0 Å². The van der Waals surface area contributed by atoms with Crippen LogP contribution in [0.5, 0.6) is 5.75 Å². The van der Waals surface area contributed by atoms with Crippen molar-refractivity contribution in [1.82, 2.24) is 14.7 Å². The monoisotopic (exact) mass is 285 g/mol. The van der Waals surface area contributed by atoms with Crippen LogP contribution in [0.4, 0.5) is 0 Å². The van der Waals surface area contributed by atoms with Gasteiger partial charge in [0.1, 0.15) is 5.75 Å². The zero-order chi connectivity index (χ0) is 14.5. The zero-order valence-electron chi connectivity index (χ0n) is 12.6. The van der Waals surface area contributed by atoms with Crippen molar-refractivity contribution in [3.63, 3.8) is 0 Å². The molecule has 0 amide bonds. The predicted octanol–water partition coefficient (Wildman–Crippen LogP) is 2.98. The molecule has 3 rings (SSSR count). The van der Waals surface area contributed by atoms with Crippen molar-refractivity contribution in [2.75, 3.05) is 26.2 Å². The van der Waals surface area contributed by atoms with Crippen molar-refractivity contribution in [3.05, 3.63) is 42.7 Å². The smallest absolute Gasteiger partial charge is 0.119 e. The van der Waals surface area contributed by atoms with E-state index in [1.54, 1.807) is 6.20 Å². The molecule has 2 heterocycles. The van der Waals surface area contributed by atoms with Gasteiger partial charge < -0.3 is 9.64 Å². The van der Waals surface area contributed by atoms with E-state index < -0.39 is 0 Å². The fourth-order valence-electron chi connectivity index (χ4n) is 2.82. The van der Waals surface area contributed by atoms with Crippen molar-refractivity contribution in [3.8, 4) is 11.4 Å². The number of nitrogens with zero attached hydrogens (tertiary/aromatic N) is 3. The van der Waals surface area contributed by atoms with Crippen molar-refractivity contribution < 1.29 is 4.74 Å². The average molecular weight is 285 g/mol. The van der Waals surface area contributed by atoms with Crippen LogP contribution < -0.4 is 4.74 Å². The van der Waals surface area contributed by atoms with Crippen molar-refractivity contribution >= 4 is 0 Å². The van der Waals surface area contributed by atoms with E-state index >= 15 is 0 Å². The van der Waals surface area contributed by atoms with E-state index in [2.05, 4.69) is 16.9 Å². The Hall–Kier alpha value is -1.81. The minimum absolute atomic E-state index is 0.784. The van der Waals surface area contributed by atoms with E-state index in [4.69, 9.17) is 4.74 Å². The summed E-state index contributed by atoms with van der Waals surface area (Å²) in [5.41, 5.74) is 1.05. The van der Waals surface area contributed by atoms with Crippen LogP contribution in [0.1, 0.15) is 19.8 Å². The quantitative estimate of drug-likeness (QED) is 0.764. The molecule has 1 unspecified atom stereocenters. The van der Waals surface area contributed by atoms with E-state index in [0.29, 0.717) is 0 Å². The highest BCUT2D eigenvalue weighted by atomic mass is 16.5. The van der Waals surface area contributed by atoms with Gasteiger partial charge in [-0.2, -0.15) is 5.10 Å². The fourth-order valence-corrected chi connectivity index (χ4v) is 2.82. The second-order valence-corrected chi connectivity index (χ2v) is 5.84. The second kappa shape index (κ2) is 6.76. The summed E-state index contributed by atoms with van der Waals surface area (Å²) in [5.74, 6) is 1.79. The van der Waals surface area contributed by atoms with Gasteiger partial charge in [0.05, 0.1) is 12.3 Å². The maximum absolute atomic E-state index is 5.81. The standard InChI is InChI=1S/C17H23N3O/c1-15-8-12-19(14-15)10-3-13-21-17-6-4-16(5-7-17)20-11-2-9-18-20/h2,4-7,9,11,15H,3,8,10,12-14H2,1H3. The summed E-state index contributed by atoms with van der Waals surface area (Å²) in [6.07, 6.45) is 6.15. The van der Waals surface area contributed by atoms with Crippen LogP contribution in [0.25, 0.3) is 5.69 Å². The number of benzene rings is 1. The Labute approximate surface area is 126 Å². The molecule has 0 aliphatic carbocycles. The molecule has 0 N–H and O–H groups in total. The maximum atomic E-state index is 5.81. The molecule has 1 fully saturated rings. The molecule has 1 aromatic carbocycles. The van der Waals surface area contributed by atoms with Gasteiger partial charge in [-0.25, -0.2) is 4.68 Å². The SMILES string of the molecule is CC1CCN(CCCOc2ccc(-n3cccn3)cc2)C1. The Morgan fingerprint density at radius 2 is 2.14 bits per heavy atom. The lowest BCUT2D eigenvalue weighted by Crippen LogP contribution is -2.22. The third-order valence-corrected chi connectivity index (χ3v) is 4.00. The molecule has 0 bridgehead atoms. The molecular formula is C17H23N3O. The maximum Gasteiger partial charge on any atom is 0.119 e. The van der Waals surface area contributed by atoms with Crippen molar-refractivity contribution in [2.24, 2.45) is 5.92 Å². The van der Waals surface area contributed by atoms with E-state index in [9.17, 15) is 0 Å². The fraction of sp³-hybridized carbons (Fsp3) is 0.471. The summed E-state index contributed by atoms with van der Waals surface area (Å²) in [7, 11) is 0. The Balaban J connectivity index is 1.41. The molecule has 0 radical (unpaired) electrons. The predicted molar refractivity (Wildman–Crippen MR) is 83.9 cm³/mol. The number of ether oxygens (including phenoxy) is 1. The molecule has 1 aromatic heterocycles. The van der Waals surface area contributed by atoms with Crippen LogP contribution in [0.15, 0.2) is 42.7 Å². The normalized spacial score (nSPS) is 19.0. The highest BCUT2D eigenvalue weighted by Crippen LogP contribution is 2.16. The van der Waals surface area contributed by atoms with E-state index in [-0.39, 0.29) is 0 Å². The third-order valence-electron chi connectivity index (χ3n) is 4.00. The molecule has 1 saturated heterocycles. The van der Waals surface area contributed by atoms with Gasteiger partial charge in [-0.3, -0.25) is 0 Å². The van der Waals surface area contributed by atoms with Gasteiger partial charge in [-0.1, -0.05) is 6.92 Å². The minimum Gasteiger partial charge on any atom is -0.494 e. The number of hydrogen-bond acceptors (Lipinski definition) is 3. The van der Waals surface area contributed by atoms with Crippen LogP contribution in [0.2, 0.25) is 0 Å². The van der Waals surface area contributed by atoms with E-state index in [1.165, 1.54) is 19.5 Å². The summed E-state index contributed by atoms with van der Waals surface area (Å²) < 4.78 is 7.65. The number of hydrogen-bond donors (Lipinski definition) is 0. The van der Waals surface area contributed by atoms with Crippen LogP contribution in [0.3, 0.4) is 0 Å². The van der Waals surface area contributed by atoms with Gasteiger partial charge in [0.2, 0.25) is 0 Å². The molecule has 112 valence electrons.